The minimum absolute atomic E-state index is 0.0765. The molecule has 0 heterocycles. The minimum Gasteiger partial charge on any atom is -0.459 e. The second-order valence-electron chi connectivity index (χ2n) is 4.74. The number of hydrogen-bond donors (Lipinski definition) is 1. The fraction of sp³-hybridized carbons (Fsp3) is 0.429. The molecule has 1 amide bonds. The Morgan fingerprint density at radius 2 is 1.69 bits per heavy atom. The number of ether oxygens (including phenoxy) is 2. The van der Waals surface area contributed by atoms with E-state index in [0.29, 0.717) is 5.56 Å². The standard InChI is InChI=1S/C14H17Cl3NO7P/c1-22-26(21,23-2)11(12(19)25-9-14(15,16)17)18-13(20)24-8-10-6-4-3-5-7-10/h3-7,11H,8-9H2,1-2H3,(H,18,20). The van der Waals surface area contributed by atoms with Crippen molar-refractivity contribution >= 4 is 54.5 Å². The highest BCUT2D eigenvalue weighted by Gasteiger charge is 2.43. The van der Waals surface area contributed by atoms with Crippen molar-refractivity contribution in [1.29, 1.82) is 0 Å². The number of esters is 1. The Morgan fingerprint density at radius 3 is 2.19 bits per heavy atom. The van der Waals surface area contributed by atoms with Crippen LogP contribution in [0.1, 0.15) is 5.56 Å². The van der Waals surface area contributed by atoms with Crippen LogP contribution in [0, 0.1) is 0 Å². The molecule has 146 valence electrons. The van der Waals surface area contributed by atoms with Crippen LogP contribution in [0.3, 0.4) is 0 Å². The maximum atomic E-state index is 12.5. The van der Waals surface area contributed by atoms with Gasteiger partial charge < -0.3 is 18.5 Å². The number of nitrogens with one attached hydrogen (secondary N) is 1. The molecule has 12 heteroatoms. The van der Waals surface area contributed by atoms with Gasteiger partial charge in [0.15, 0.2) is 0 Å². The maximum Gasteiger partial charge on any atom is 0.408 e. The van der Waals surface area contributed by atoms with Crippen molar-refractivity contribution in [1.82, 2.24) is 5.32 Å². The van der Waals surface area contributed by atoms with Gasteiger partial charge in [-0.05, 0) is 5.56 Å². The molecule has 0 radical (unpaired) electrons. The number of hydrogen-bond acceptors (Lipinski definition) is 7. The number of rotatable bonds is 8. The molecule has 0 fully saturated rings. The van der Waals surface area contributed by atoms with Gasteiger partial charge in [0.1, 0.15) is 13.2 Å². The van der Waals surface area contributed by atoms with E-state index in [4.69, 9.17) is 53.3 Å². The van der Waals surface area contributed by atoms with Crippen LogP contribution in [0.2, 0.25) is 0 Å². The first-order chi connectivity index (χ1) is 12.1. The lowest BCUT2D eigenvalue weighted by molar-refractivity contribution is -0.144. The van der Waals surface area contributed by atoms with Gasteiger partial charge in [0.05, 0.1) is 0 Å². The SMILES string of the molecule is COP(=O)(OC)C(NC(=O)OCc1ccccc1)C(=O)OCC(Cl)(Cl)Cl. The summed E-state index contributed by atoms with van der Waals surface area (Å²) in [6.07, 6.45) is -1.04. The van der Waals surface area contributed by atoms with Crippen LogP contribution >= 0.6 is 42.4 Å². The maximum absolute atomic E-state index is 12.5. The monoisotopic (exact) mass is 447 g/mol. The Bertz CT molecular complexity index is 646. The first-order valence-electron chi connectivity index (χ1n) is 7.03. The summed E-state index contributed by atoms with van der Waals surface area (Å²) in [5, 5.41) is 2.09. The van der Waals surface area contributed by atoms with Crippen molar-refractivity contribution in [3.05, 3.63) is 35.9 Å². The second kappa shape index (κ2) is 10.3. The van der Waals surface area contributed by atoms with Crippen LogP contribution in [-0.4, -0.2) is 42.5 Å². The van der Waals surface area contributed by atoms with Gasteiger partial charge in [-0.2, -0.15) is 0 Å². The van der Waals surface area contributed by atoms with E-state index in [1.54, 1.807) is 30.3 Å². The number of amides is 1. The molecular weight excluding hydrogens is 431 g/mol. The number of alkyl halides is 3. The van der Waals surface area contributed by atoms with Gasteiger partial charge in [-0.3, -0.25) is 9.88 Å². The highest BCUT2D eigenvalue weighted by molar-refractivity contribution is 7.55. The van der Waals surface area contributed by atoms with Crippen LogP contribution in [-0.2, 0) is 34.5 Å². The van der Waals surface area contributed by atoms with E-state index in [2.05, 4.69) is 5.32 Å². The molecule has 1 N–H and O–H groups in total. The number of halogens is 3. The van der Waals surface area contributed by atoms with E-state index in [1.165, 1.54) is 0 Å². The average molecular weight is 449 g/mol. The lowest BCUT2D eigenvalue weighted by atomic mass is 10.2. The summed E-state index contributed by atoms with van der Waals surface area (Å²) in [6, 6.07) is 8.78. The van der Waals surface area contributed by atoms with Gasteiger partial charge in [-0.1, -0.05) is 65.1 Å². The number of alkyl carbamates (subject to hydrolysis) is 1. The molecule has 26 heavy (non-hydrogen) atoms. The summed E-state index contributed by atoms with van der Waals surface area (Å²) < 4.78 is 29.8. The van der Waals surface area contributed by atoms with Gasteiger partial charge in [0.2, 0.25) is 9.58 Å². The molecule has 1 atom stereocenters. The molecule has 0 saturated heterocycles. The van der Waals surface area contributed by atoms with Crippen molar-refractivity contribution < 1.29 is 32.7 Å². The Balaban J connectivity index is 2.79. The molecule has 0 saturated carbocycles. The number of carbonyl (C=O) groups is 2. The smallest absolute Gasteiger partial charge is 0.408 e. The lowest BCUT2D eigenvalue weighted by Gasteiger charge is -2.24. The third-order valence-corrected chi connectivity index (χ3v) is 5.21. The summed E-state index contributed by atoms with van der Waals surface area (Å²) in [7, 11) is -2.02. The van der Waals surface area contributed by atoms with Crippen LogP contribution in [0.15, 0.2) is 30.3 Å². The molecule has 0 spiro atoms. The highest BCUT2D eigenvalue weighted by atomic mass is 35.6. The summed E-state index contributed by atoms with van der Waals surface area (Å²) in [5.41, 5.74) is 0.708. The van der Waals surface area contributed by atoms with Crippen LogP contribution in [0.5, 0.6) is 0 Å². The molecule has 1 unspecified atom stereocenters. The second-order valence-corrected chi connectivity index (χ2v) is 9.58. The number of benzene rings is 1. The lowest BCUT2D eigenvalue weighted by Crippen LogP contribution is -2.43. The van der Waals surface area contributed by atoms with Crippen LogP contribution in [0.25, 0.3) is 0 Å². The first kappa shape index (κ1) is 23.0. The summed E-state index contributed by atoms with van der Waals surface area (Å²) in [4.78, 5) is 24.1. The van der Waals surface area contributed by atoms with E-state index in [1.807, 2.05) is 0 Å². The van der Waals surface area contributed by atoms with Gasteiger partial charge >= 0.3 is 19.7 Å². The van der Waals surface area contributed by atoms with Crippen molar-refractivity contribution in [2.45, 2.75) is 16.2 Å². The van der Waals surface area contributed by atoms with E-state index in [0.717, 1.165) is 14.2 Å². The molecule has 1 aromatic rings. The molecule has 0 aliphatic carbocycles. The minimum atomic E-state index is -4.09. The zero-order chi connectivity index (χ0) is 19.8. The zero-order valence-electron chi connectivity index (χ0n) is 13.8. The van der Waals surface area contributed by atoms with Gasteiger partial charge in [0, 0.05) is 14.2 Å². The first-order valence-corrected chi connectivity index (χ1v) is 9.77. The van der Waals surface area contributed by atoms with Crippen molar-refractivity contribution in [2.75, 3.05) is 20.8 Å². The van der Waals surface area contributed by atoms with E-state index < -0.39 is 35.8 Å². The van der Waals surface area contributed by atoms with Crippen LogP contribution in [0.4, 0.5) is 4.79 Å². The molecule has 0 aliphatic heterocycles. The Labute approximate surface area is 165 Å². The number of carbonyl (C=O) groups excluding carboxylic acids is 2. The highest BCUT2D eigenvalue weighted by Crippen LogP contribution is 2.51. The summed E-state index contributed by atoms with van der Waals surface area (Å²) in [5.74, 6) is -2.99. The molecular formula is C14H17Cl3NO7P. The third kappa shape index (κ3) is 7.70. The molecule has 1 rings (SSSR count). The summed E-state index contributed by atoms with van der Waals surface area (Å²) in [6.45, 7) is -0.714. The normalized spacial score (nSPS) is 13.0. The van der Waals surface area contributed by atoms with Gasteiger partial charge in [-0.25, -0.2) is 9.59 Å². The molecule has 0 aromatic heterocycles. The molecule has 0 bridgehead atoms. The van der Waals surface area contributed by atoms with E-state index in [-0.39, 0.29) is 6.61 Å². The topological polar surface area (TPSA) is 100 Å². The quantitative estimate of drug-likeness (QED) is 0.368. The van der Waals surface area contributed by atoms with Crippen molar-refractivity contribution in [3.8, 4) is 0 Å². The largest absolute Gasteiger partial charge is 0.459 e. The van der Waals surface area contributed by atoms with Crippen molar-refractivity contribution in [2.24, 2.45) is 0 Å². The van der Waals surface area contributed by atoms with E-state index in [9.17, 15) is 14.2 Å². The third-order valence-electron chi connectivity index (χ3n) is 2.89. The van der Waals surface area contributed by atoms with Crippen molar-refractivity contribution in [3.63, 3.8) is 0 Å². The average Bonchev–Trinajstić information content (AvgIpc) is 2.62. The molecule has 8 nitrogen and oxygen atoms in total. The zero-order valence-corrected chi connectivity index (χ0v) is 17.0. The van der Waals surface area contributed by atoms with Gasteiger partial charge in [0.25, 0.3) is 0 Å². The van der Waals surface area contributed by atoms with E-state index >= 15 is 0 Å². The Kier molecular flexibility index (Phi) is 9.16. The predicted octanol–water partition coefficient (Wildman–Crippen LogP) is 3.64. The molecule has 1 aromatic carbocycles. The summed E-state index contributed by atoms with van der Waals surface area (Å²) >= 11 is 16.5. The fourth-order valence-corrected chi connectivity index (χ4v) is 2.99. The van der Waals surface area contributed by atoms with Gasteiger partial charge in [-0.15, -0.1) is 0 Å². The Hall–Kier alpha value is -1.02. The predicted molar refractivity (Wildman–Crippen MR) is 96.4 cm³/mol. The fourth-order valence-electron chi connectivity index (χ4n) is 1.66. The Morgan fingerprint density at radius 1 is 1.12 bits per heavy atom. The van der Waals surface area contributed by atoms with Crippen LogP contribution < -0.4 is 5.32 Å². The molecule has 0 aliphatic rings.